The van der Waals surface area contributed by atoms with Crippen molar-refractivity contribution in [3.8, 4) is 0 Å². The molecule has 3 rings (SSSR count). The lowest BCUT2D eigenvalue weighted by molar-refractivity contribution is -0.137. The molecule has 1 N–H and O–H groups in total. The number of hydrogen-bond acceptors (Lipinski definition) is 3. The Balaban J connectivity index is 1.48. The molecular formula is C24H32O3S. The van der Waals surface area contributed by atoms with Crippen LogP contribution in [0.1, 0.15) is 69.8 Å². The van der Waals surface area contributed by atoms with Gasteiger partial charge in [-0.05, 0) is 55.9 Å². The predicted octanol–water partition coefficient (Wildman–Crippen LogP) is 5.85. The van der Waals surface area contributed by atoms with Crippen molar-refractivity contribution in [2.24, 2.45) is 11.8 Å². The van der Waals surface area contributed by atoms with E-state index in [1.807, 2.05) is 37.3 Å². The maximum atomic E-state index is 12.7. The first kappa shape index (κ1) is 21.2. The number of carbonyl (C=O) groups excluding carboxylic acids is 1. The van der Waals surface area contributed by atoms with Crippen LogP contribution in [-0.4, -0.2) is 27.4 Å². The quantitative estimate of drug-likeness (QED) is 0.374. The summed E-state index contributed by atoms with van der Waals surface area (Å²) in [5.74, 6) is 0.966. The zero-order valence-electron chi connectivity index (χ0n) is 16.8. The fourth-order valence-electron chi connectivity index (χ4n) is 4.79. The normalized spacial score (nSPS) is 27.3. The van der Waals surface area contributed by atoms with Gasteiger partial charge in [-0.25, -0.2) is 0 Å². The van der Waals surface area contributed by atoms with Crippen molar-refractivity contribution in [2.45, 2.75) is 74.7 Å². The number of hydrogen-bond donors (Lipinski definition) is 1. The molecule has 152 valence electrons. The molecule has 2 aliphatic rings. The Labute approximate surface area is 173 Å². The summed E-state index contributed by atoms with van der Waals surface area (Å²) < 4.78 is 0. The number of allylic oxidation sites excluding steroid dienone is 2. The summed E-state index contributed by atoms with van der Waals surface area (Å²) in [6, 6.07) is 10.1. The summed E-state index contributed by atoms with van der Waals surface area (Å²) in [5, 5.41) is 10.2. The summed E-state index contributed by atoms with van der Waals surface area (Å²) in [6.45, 7) is 2.03. The van der Waals surface area contributed by atoms with E-state index in [0.717, 1.165) is 35.3 Å². The SMILES string of the molecule is CC(C(=O)CC[C@@H]1[C@H](C/C=C\CCCC(=O)O)[C@@H]2CC[C@H]1S2)c1ccccc1. The van der Waals surface area contributed by atoms with E-state index in [1.54, 1.807) is 0 Å². The largest absolute Gasteiger partial charge is 0.481 e. The molecule has 0 amide bonds. The van der Waals surface area contributed by atoms with E-state index in [9.17, 15) is 9.59 Å². The average Bonchev–Trinajstić information content (AvgIpc) is 3.30. The van der Waals surface area contributed by atoms with Crippen LogP contribution in [0.5, 0.6) is 0 Å². The monoisotopic (exact) mass is 400 g/mol. The molecule has 2 saturated heterocycles. The summed E-state index contributed by atoms with van der Waals surface area (Å²) in [7, 11) is 0. The van der Waals surface area contributed by atoms with Gasteiger partial charge in [-0.2, -0.15) is 11.8 Å². The van der Waals surface area contributed by atoms with Gasteiger partial charge in [-0.3, -0.25) is 9.59 Å². The topological polar surface area (TPSA) is 54.4 Å². The number of carboxylic acid groups (broad SMARTS) is 1. The third-order valence-electron chi connectivity index (χ3n) is 6.43. The van der Waals surface area contributed by atoms with Crippen LogP contribution < -0.4 is 0 Å². The number of fused-ring (bicyclic) bond motifs is 2. The Morgan fingerprint density at radius 1 is 1.11 bits per heavy atom. The number of aliphatic carboxylic acids is 1. The van der Waals surface area contributed by atoms with E-state index in [1.165, 1.54) is 12.8 Å². The number of Topliss-reactive ketones (excluding diaryl/α,β-unsaturated/α-hetero) is 1. The molecule has 28 heavy (non-hydrogen) atoms. The van der Waals surface area contributed by atoms with Gasteiger partial charge in [0.05, 0.1) is 0 Å². The molecular weight excluding hydrogens is 368 g/mol. The summed E-state index contributed by atoms with van der Waals surface area (Å²) in [4.78, 5) is 23.3. The molecule has 1 unspecified atom stereocenters. The second-order valence-electron chi connectivity index (χ2n) is 8.25. The van der Waals surface area contributed by atoms with E-state index in [0.29, 0.717) is 30.5 Å². The van der Waals surface area contributed by atoms with Gasteiger partial charge in [0.1, 0.15) is 5.78 Å². The van der Waals surface area contributed by atoms with Gasteiger partial charge in [0, 0.05) is 29.3 Å². The molecule has 2 fully saturated rings. The van der Waals surface area contributed by atoms with Gasteiger partial charge in [0.15, 0.2) is 0 Å². The molecule has 0 radical (unpaired) electrons. The minimum atomic E-state index is -0.715. The summed E-state index contributed by atoms with van der Waals surface area (Å²) in [5.41, 5.74) is 1.12. The smallest absolute Gasteiger partial charge is 0.303 e. The average molecular weight is 401 g/mol. The van der Waals surface area contributed by atoms with E-state index in [4.69, 9.17) is 5.11 Å². The lowest BCUT2D eigenvalue weighted by Crippen LogP contribution is -2.27. The summed E-state index contributed by atoms with van der Waals surface area (Å²) >= 11 is 2.15. The Kier molecular flexibility index (Phi) is 7.78. The maximum Gasteiger partial charge on any atom is 0.303 e. The first-order valence-electron chi connectivity index (χ1n) is 10.7. The molecule has 0 saturated carbocycles. The highest BCUT2D eigenvalue weighted by Gasteiger charge is 2.47. The fraction of sp³-hybridized carbons (Fsp3) is 0.583. The molecule has 5 atom stereocenters. The first-order chi connectivity index (χ1) is 13.6. The highest BCUT2D eigenvalue weighted by molar-refractivity contribution is 8.01. The Morgan fingerprint density at radius 3 is 2.54 bits per heavy atom. The highest BCUT2D eigenvalue weighted by Crippen LogP contribution is 2.55. The first-order valence-corrected chi connectivity index (χ1v) is 11.6. The molecule has 4 heteroatoms. The van der Waals surface area contributed by atoms with E-state index in [2.05, 4.69) is 23.9 Å². The molecule has 1 aromatic rings. The second kappa shape index (κ2) is 10.3. The van der Waals surface area contributed by atoms with Gasteiger partial charge in [0.2, 0.25) is 0 Å². The Hall–Kier alpha value is -1.55. The van der Waals surface area contributed by atoms with Crippen LogP contribution in [-0.2, 0) is 9.59 Å². The summed E-state index contributed by atoms with van der Waals surface area (Å²) in [6.07, 6.45) is 11.6. The third-order valence-corrected chi connectivity index (χ3v) is 8.30. The molecule has 3 nitrogen and oxygen atoms in total. The lowest BCUT2D eigenvalue weighted by Gasteiger charge is -2.29. The number of carbonyl (C=O) groups is 2. The van der Waals surface area contributed by atoms with Crippen molar-refractivity contribution in [3.05, 3.63) is 48.0 Å². The van der Waals surface area contributed by atoms with E-state index >= 15 is 0 Å². The maximum absolute atomic E-state index is 12.7. The molecule has 0 spiro atoms. The molecule has 0 aromatic heterocycles. The van der Waals surface area contributed by atoms with Crippen LogP contribution in [0, 0.1) is 11.8 Å². The van der Waals surface area contributed by atoms with Crippen LogP contribution in [0.15, 0.2) is 42.5 Å². The van der Waals surface area contributed by atoms with Crippen LogP contribution in [0.25, 0.3) is 0 Å². The number of carboxylic acids is 1. The third kappa shape index (κ3) is 5.50. The van der Waals surface area contributed by atoms with Crippen LogP contribution >= 0.6 is 11.8 Å². The molecule has 2 heterocycles. The number of unbranched alkanes of at least 4 members (excludes halogenated alkanes) is 1. The van der Waals surface area contributed by atoms with E-state index < -0.39 is 5.97 Å². The minimum absolute atomic E-state index is 0.0139. The number of rotatable bonds is 11. The number of ketones is 1. The molecule has 0 aliphatic carbocycles. The number of thioether (sulfide) groups is 1. The van der Waals surface area contributed by atoms with Crippen molar-refractivity contribution in [1.82, 2.24) is 0 Å². The highest BCUT2D eigenvalue weighted by atomic mass is 32.2. The molecule has 2 bridgehead atoms. The van der Waals surface area contributed by atoms with Gasteiger partial charge in [-0.1, -0.05) is 49.4 Å². The predicted molar refractivity (Wildman–Crippen MR) is 116 cm³/mol. The molecule has 2 aliphatic heterocycles. The van der Waals surface area contributed by atoms with Crippen molar-refractivity contribution < 1.29 is 14.7 Å². The fourth-order valence-corrected chi connectivity index (χ4v) is 6.84. The zero-order valence-corrected chi connectivity index (χ0v) is 17.6. The van der Waals surface area contributed by atoms with Crippen LogP contribution in [0.3, 0.4) is 0 Å². The van der Waals surface area contributed by atoms with Crippen molar-refractivity contribution in [1.29, 1.82) is 0 Å². The standard InChI is InChI=1S/C24H32O3S/c1-17(18-9-5-4-6-10-18)21(25)14-13-20-19(22-15-16-23(20)28-22)11-7-2-3-8-12-24(26)27/h2,4-7,9-10,17,19-20,22-23H,3,8,11-16H2,1H3,(H,26,27)/b7-2-/t17?,19-,20+,22-,23+/m0/s1. The number of benzene rings is 1. The van der Waals surface area contributed by atoms with Gasteiger partial charge < -0.3 is 5.11 Å². The van der Waals surface area contributed by atoms with Gasteiger partial charge in [-0.15, -0.1) is 0 Å². The van der Waals surface area contributed by atoms with Crippen molar-refractivity contribution >= 4 is 23.5 Å². The van der Waals surface area contributed by atoms with Crippen LogP contribution in [0.4, 0.5) is 0 Å². The van der Waals surface area contributed by atoms with E-state index in [-0.39, 0.29) is 12.3 Å². The molecule has 1 aromatic carbocycles. The Morgan fingerprint density at radius 2 is 1.82 bits per heavy atom. The lowest BCUT2D eigenvalue weighted by atomic mass is 9.74. The minimum Gasteiger partial charge on any atom is -0.481 e. The zero-order chi connectivity index (χ0) is 19.9. The van der Waals surface area contributed by atoms with Crippen molar-refractivity contribution in [3.63, 3.8) is 0 Å². The Bertz CT molecular complexity index is 684. The van der Waals surface area contributed by atoms with Gasteiger partial charge >= 0.3 is 5.97 Å². The van der Waals surface area contributed by atoms with Crippen LogP contribution in [0.2, 0.25) is 0 Å². The van der Waals surface area contributed by atoms with Crippen molar-refractivity contribution in [2.75, 3.05) is 0 Å². The van der Waals surface area contributed by atoms with Gasteiger partial charge in [0.25, 0.3) is 0 Å². The second-order valence-corrected chi connectivity index (χ2v) is 9.73.